The smallest absolute Gasteiger partial charge is 0.255 e. The fourth-order valence-electron chi connectivity index (χ4n) is 3.94. The van der Waals surface area contributed by atoms with Crippen LogP contribution in [0.4, 0.5) is 0 Å². The number of carbonyl (C=O) groups excluding carboxylic acids is 2. The Morgan fingerprint density at radius 1 is 0.718 bits per heavy atom. The van der Waals surface area contributed by atoms with Crippen LogP contribution in [0, 0.1) is 0 Å². The van der Waals surface area contributed by atoms with Crippen molar-refractivity contribution in [3.05, 3.63) is 120 Å². The summed E-state index contributed by atoms with van der Waals surface area (Å²) < 4.78 is 22.3. The highest BCUT2D eigenvalue weighted by molar-refractivity contribution is 6.00. The fraction of sp³-hybridized carbons (Fsp3) is 0.188. The van der Waals surface area contributed by atoms with Crippen molar-refractivity contribution in [1.82, 2.24) is 5.32 Å². The molecule has 4 aromatic carbocycles. The predicted molar refractivity (Wildman–Crippen MR) is 149 cm³/mol. The maximum Gasteiger partial charge on any atom is 0.255 e. The summed E-state index contributed by atoms with van der Waals surface area (Å²) in [4.78, 5) is 26.6. The molecule has 39 heavy (non-hydrogen) atoms. The summed E-state index contributed by atoms with van der Waals surface area (Å²) >= 11 is 0. The molecule has 7 nitrogen and oxygen atoms in total. The summed E-state index contributed by atoms with van der Waals surface area (Å²) in [6, 6.07) is 30.5. The number of para-hydroxylation sites is 1. The van der Waals surface area contributed by atoms with Crippen LogP contribution in [0.5, 0.6) is 23.0 Å². The van der Waals surface area contributed by atoms with Crippen LogP contribution in [0.3, 0.4) is 0 Å². The van der Waals surface area contributed by atoms with Gasteiger partial charge in [0.25, 0.3) is 5.91 Å². The molecule has 0 saturated carbocycles. The lowest BCUT2D eigenvalue weighted by Crippen LogP contribution is -2.44. The van der Waals surface area contributed by atoms with Crippen molar-refractivity contribution in [2.45, 2.75) is 19.1 Å². The van der Waals surface area contributed by atoms with E-state index in [0.29, 0.717) is 23.9 Å². The molecule has 4 rings (SSSR count). The molecule has 1 N–H and O–H groups in total. The summed E-state index contributed by atoms with van der Waals surface area (Å²) in [7, 11) is 3.00. The Kier molecular flexibility index (Phi) is 9.69. The highest BCUT2D eigenvalue weighted by atomic mass is 16.5. The van der Waals surface area contributed by atoms with Gasteiger partial charge in [-0.1, -0.05) is 60.7 Å². The first kappa shape index (κ1) is 27.4. The Labute approximate surface area is 228 Å². The van der Waals surface area contributed by atoms with Crippen molar-refractivity contribution < 1.29 is 28.5 Å². The maximum atomic E-state index is 13.4. The lowest BCUT2D eigenvalue weighted by Gasteiger charge is -2.19. The molecule has 1 atom stereocenters. The second-order valence-corrected chi connectivity index (χ2v) is 8.80. The molecular formula is C32H31NO6. The van der Waals surface area contributed by atoms with E-state index in [-0.39, 0.29) is 24.4 Å². The third kappa shape index (κ3) is 7.93. The van der Waals surface area contributed by atoms with Crippen LogP contribution >= 0.6 is 0 Å². The van der Waals surface area contributed by atoms with Gasteiger partial charge in [-0.3, -0.25) is 9.59 Å². The molecule has 4 aromatic rings. The van der Waals surface area contributed by atoms with Gasteiger partial charge in [0.05, 0.1) is 33.0 Å². The lowest BCUT2D eigenvalue weighted by atomic mass is 10.0. The van der Waals surface area contributed by atoms with E-state index in [1.165, 1.54) is 14.2 Å². The van der Waals surface area contributed by atoms with Gasteiger partial charge in [0.1, 0.15) is 29.0 Å². The molecule has 0 fully saturated rings. The van der Waals surface area contributed by atoms with Gasteiger partial charge in [0.2, 0.25) is 0 Å². The van der Waals surface area contributed by atoms with E-state index in [9.17, 15) is 9.59 Å². The second-order valence-electron chi connectivity index (χ2n) is 8.80. The number of nitrogens with one attached hydrogen (secondary N) is 1. The van der Waals surface area contributed by atoms with E-state index in [1.54, 1.807) is 18.2 Å². The highest BCUT2D eigenvalue weighted by Gasteiger charge is 2.24. The van der Waals surface area contributed by atoms with Crippen LogP contribution in [-0.2, 0) is 22.6 Å². The molecule has 0 aliphatic rings. The molecule has 7 heteroatoms. The van der Waals surface area contributed by atoms with Gasteiger partial charge < -0.3 is 24.3 Å². The zero-order valence-electron chi connectivity index (χ0n) is 22.0. The SMILES string of the molecule is COc1ccc(OC)c(C(=O)NC(COCc2ccccc2)C(=O)Cc2ccc(Oc3ccccc3)cc2)c1. The van der Waals surface area contributed by atoms with E-state index in [4.69, 9.17) is 18.9 Å². The molecule has 1 unspecified atom stereocenters. The molecule has 0 heterocycles. The summed E-state index contributed by atoms with van der Waals surface area (Å²) in [6.07, 6.45) is 0.112. The van der Waals surface area contributed by atoms with E-state index in [1.807, 2.05) is 84.9 Å². The number of hydrogen-bond acceptors (Lipinski definition) is 6. The van der Waals surface area contributed by atoms with E-state index >= 15 is 0 Å². The van der Waals surface area contributed by atoms with Crippen molar-refractivity contribution in [1.29, 1.82) is 0 Å². The van der Waals surface area contributed by atoms with Crippen LogP contribution in [0.25, 0.3) is 0 Å². The fourth-order valence-corrected chi connectivity index (χ4v) is 3.94. The van der Waals surface area contributed by atoms with E-state index in [2.05, 4.69) is 5.32 Å². The van der Waals surface area contributed by atoms with Crippen molar-refractivity contribution in [3.8, 4) is 23.0 Å². The minimum absolute atomic E-state index is 0.0148. The normalized spacial score (nSPS) is 11.3. The van der Waals surface area contributed by atoms with Gasteiger partial charge in [-0.25, -0.2) is 0 Å². The van der Waals surface area contributed by atoms with Crippen molar-refractivity contribution in [3.63, 3.8) is 0 Å². The van der Waals surface area contributed by atoms with Crippen LogP contribution in [0.15, 0.2) is 103 Å². The first-order valence-corrected chi connectivity index (χ1v) is 12.5. The van der Waals surface area contributed by atoms with Gasteiger partial charge in [-0.05, 0) is 53.6 Å². The third-order valence-electron chi connectivity index (χ3n) is 6.02. The monoisotopic (exact) mass is 525 g/mol. The molecule has 0 aromatic heterocycles. The largest absolute Gasteiger partial charge is 0.497 e. The molecule has 1 amide bonds. The van der Waals surface area contributed by atoms with Gasteiger partial charge in [0.15, 0.2) is 5.78 Å². The predicted octanol–water partition coefficient (Wildman–Crippen LogP) is 5.62. The van der Waals surface area contributed by atoms with Crippen molar-refractivity contribution >= 4 is 11.7 Å². The number of ketones is 1. The summed E-state index contributed by atoms with van der Waals surface area (Å²) in [5.41, 5.74) is 2.03. The van der Waals surface area contributed by atoms with Crippen LogP contribution in [0.1, 0.15) is 21.5 Å². The Hall–Kier alpha value is -4.62. The summed E-state index contributed by atoms with van der Waals surface area (Å²) in [5, 5.41) is 2.84. The number of benzene rings is 4. The van der Waals surface area contributed by atoms with Crippen LogP contribution in [-0.4, -0.2) is 38.6 Å². The first-order chi connectivity index (χ1) is 19.1. The van der Waals surface area contributed by atoms with Crippen LogP contribution in [0.2, 0.25) is 0 Å². The molecule has 0 bridgehead atoms. The molecule has 0 saturated heterocycles. The van der Waals surface area contributed by atoms with E-state index < -0.39 is 11.9 Å². The minimum Gasteiger partial charge on any atom is -0.497 e. The highest BCUT2D eigenvalue weighted by Crippen LogP contribution is 2.24. The minimum atomic E-state index is -0.877. The quantitative estimate of drug-likeness (QED) is 0.244. The molecule has 0 radical (unpaired) electrons. The Morgan fingerprint density at radius 3 is 2.03 bits per heavy atom. The van der Waals surface area contributed by atoms with Gasteiger partial charge in [-0.15, -0.1) is 0 Å². The molecule has 0 aliphatic carbocycles. The molecule has 0 aliphatic heterocycles. The zero-order valence-corrected chi connectivity index (χ0v) is 22.0. The molecule has 200 valence electrons. The zero-order chi connectivity index (χ0) is 27.5. The Balaban J connectivity index is 1.46. The number of amides is 1. The average Bonchev–Trinajstić information content (AvgIpc) is 2.98. The second kappa shape index (κ2) is 13.8. The topological polar surface area (TPSA) is 83.1 Å². The summed E-state index contributed by atoms with van der Waals surface area (Å²) in [5.74, 6) is 1.63. The van der Waals surface area contributed by atoms with E-state index in [0.717, 1.165) is 16.9 Å². The van der Waals surface area contributed by atoms with Gasteiger partial charge in [0, 0.05) is 6.42 Å². The third-order valence-corrected chi connectivity index (χ3v) is 6.02. The molecule has 0 spiro atoms. The molecular weight excluding hydrogens is 494 g/mol. The lowest BCUT2D eigenvalue weighted by molar-refractivity contribution is -0.121. The Morgan fingerprint density at radius 2 is 1.36 bits per heavy atom. The summed E-state index contributed by atoms with van der Waals surface area (Å²) in [6.45, 7) is 0.329. The van der Waals surface area contributed by atoms with Crippen LogP contribution < -0.4 is 19.5 Å². The number of hydrogen-bond donors (Lipinski definition) is 1. The maximum absolute atomic E-state index is 13.4. The number of rotatable bonds is 13. The average molecular weight is 526 g/mol. The van der Waals surface area contributed by atoms with Crippen molar-refractivity contribution in [2.75, 3.05) is 20.8 Å². The number of carbonyl (C=O) groups is 2. The first-order valence-electron chi connectivity index (χ1n) is 12.5. The van der Waals surface area contributed by atoms with Crippen molar-refractivity contribution in [2.24, 2.45) is 0 Å². The number of Topliss-reactive ketones (excluding diaryl/α,β-unsaturated/α-hetero) is 1. The standard InChI is InChI=1S/C32H31NO6/c1-36-27-17-18-31(37-2)28(20-27)32(35)33-29(22-38-21-24-9-5-3-6-10-24)30(34)19-23-13-15-26(16-14-23)39-25-11-7-4-8-12-25/h3-18,20,29H,19,21-22H2,1-2H3,(H,33,35). The van der Waals surface area contributed by atoms with Gasteiger partial charge >= 0.3 is 0 Å². The number of ether oxygens (including phenoxy) is 4. The number of methoxy groups -OCH3 is 2. The van der Waals surface area contributed by atoms with Gasteiger partial charge in [-0.2, -0.15) is 0 Å². The Bertz CT molecular complexity index is 1360.